The first-order chi connectivity index (χ1) is 13.9. The van der Waals surface area contributed by atoms with Gasteiger partial charge in [-0.15, -0.1) is 0 Å². The van der Waals surface area contributed by atoms with Crippen molar-refractivity contribution in [3.8, 4) is 0 Å². The van der Waals surface area contributed by atoms with Crippen molar-refractivity contribution in [2.24, 2.45) is 5.41 Å². The van der Waals surface area contributed by atoms with Crippen LogP contribution >= 0.6 is 0 Å². The molecule has 1 unspecified atom stereocenters. The number of likely N-dealkylation sites (tertiary alicyclic amines) is 2. The molecule has 0 bridgehead atoms. The summed E-state index contributed by atoms with van der Waals surface area (Å²) in [5.41, 5.74) is 0.190. The number of cyclic esters (lactones) is 1. The Morgan fingerprint density at radius 3 is 2.48 bits per heavy atom. The van der Waals surface area contributed by atoms with Crippen LogP contribution in [0.15, 0.2) is 16.9 Å². The lowest BCUT2D eigenvalue weighted by Crippen LogP contribution is -2.46. The first kappa shape index (κ1) is 20.1. The molecule has 158 valence electrons. The average molecular weight is 402 g/mol. The van der Waals surface area contributed by atoms with E-state index in [0.717, 1.165) is 31.7 Å². The van der Waals surface area contributed by atoms with Gasteiger partial charge in [0.25, 0.3) is 11.5 Å². The van der Waals surface area contributed by atoms with E-state index in [0.29, 0.717) is 25.9 Å². The van der Waals surface area contributed by atoms with Gasteiger partial charge in [-0.05, 0) is 56.8 Å². The molecule has 7 nitrogen and oxygen atoms in total. The largest absolute Gasteiger partial charge is 0.461 e. The van der Waals surface area contributed by atoms with Crippen molar-refractivity contribution in [3.63, 3.8) is 0 Å². The molecule has 1 N–H and O–H groups in total. The third-order valence-electron chi connectivity index (χ3n) is 6.78. The fourth-order valence-corrected chi connectivity index (χ4v) is 4.90. The maximum absolute atomic E-state index is 12.9. The summed E-state index contributed by atoms with van der Waals surface area (Å²) in [6, 6.07) is 3.43. The first-order valence-corrected chi connectivity index (χ1v) is 10.8. The van der Waals surface area contributed by atoms with Crippen molar-refractivity contribution >= 4 is 11.9 Å². The van der Waals surface area contributed by atoms with Crippen molar-refractivity contribution in [1.82, 2.24) is 14.8 Å². The smallest absolute Gasteiger partial charge is 0.312 e. The molecule has 1 amide bonds. The predicted molar refractivity (Wildman–Crippen MR) is 109 cm³/mol. The summed E-state index contributed by atoms with van der Waals surface area (Å²) < 4.78 is 5.71. The molecule has 0 radical (unpaired) electrons. The van der Waals surface area contributed by atoms with Crippen molar-refractivity contribution in [3.05, 3.63) is 33.7 Å². The third kappa shape index (κ3) is 3.97. The molecule has 3 saturated heterocycles. The average Bonchev–Trinajstić information content (AvgIpc) is 3.30. The second kappa shape index (κ2) is 7.94. The third-order valence-corrected chi connectivity index (χ3v) is 6.78. The monoisotopic (exact) mass is 401 g/mol. The standard InChI is InChI=1S/C22H31N3O4/c1-15(2)18-6-5-17(19(26)23-18)20(27)25-11-7-22(8-12-25)13-16(29-21(22)28)14-24-9-3-4-10-24/h5-6,15-16H,3-4,7-14H2,1-2H3,(H,23,26). The SMILES string of the molecule is CC(C)c1ccc(C(=O)N2CCC3(CC2)CC(CN2CCCC2)OC3=O)c(=O)[nH]1. The van der Waals surface area contributed by atoms with E-state index in [1.807, 2.05) is 19.9 Å². The second-order valence-electron chi connectivity index (χ2n) is 9.12. The number of amides is 1. The highest BCUT2D eigenvalue weighted by Crippen LogP contribution is 2.43. The number of nitrogens with zero attached hydrogens (tertiary/aromatic N) is 2. The second-order valence-corrected chi connectivity index (χ2v) is 9.12. The summed E-state index contributed by atoms with van der Waals surface area (Å²) in [5, 5.41) is 0. The first-order valence-electron chi connectivity index (χ1n) is 10.8. The number of aromatic nitrogens is 1. The van der Waals surface area contributed by atoms with Crippen LogP contribution in [-0.4, -0.2) is 65.5 Å². The zero-order valence-corrected chi connectivity index (χ0v) is 17.4. The number of hydrogen-bond acceptors (Lipinski definition) is 5. The lowest BCUT2D eigenvalue weighted by atomic mass is 9.76. The minimum Gasteiger partial charge on any atom is -0.461 e. The van der Waals surface area contributed by atoms with Gasteiger partial charge >= 0.3 is 5.97 Å². The van der Waals surface area contributed by atoms with E-state index < -0.39 is 5.41 Å². The summed E-state index contributed by atoms with van der Waals surface area (Å²) in [7, 11) is 0. The number of nitrogens with one attached hydrogen (secondary N) is 1. The molecule has 3 fully saturated rings. The molecule has 4 heterocycles. The van der Waals surface area contributed by atoms with Gasteiger partial charge in [-0.25, -0.2) is 0 Å². The maximum Gasteiger partial charge on any atom is 0.312 e. The molecular formula is C22H31N3O4. The minimum absolute atomic E-state index is 0.0331. The summed E-state index contributed by atoms with van der Waals surface area (Å²) >= 11 is 0. The fraction of sp³-hybridized carbons (Fsp3) is 0.682. The quantitative estimate of drug-likeness (QED) is 0.782. The highest BCUT2D eigenvalue weighted by molar-refractivity contribution is 5.94. The highest BCUT2D eigenvalue weighted by Gasteiger charge is 2.51. The maximum atomic E-state index is 12.9. The molecule has 1 aromatic rings. The van der Waals surface area contributed by atoms with E-state index in [2.05, 4.69) is 9.88 Å². The Labute approximate surface area is 171 Å². The molecule has 7 heteroatoms. The van der Waals surface area contributed by atoms with Crippen molar-refractivity contribution in [1.29, 1.82) is 0 Å². The van der Waals surface area contributed by atoms with Crippen molar-refractivity contribution < 1.29 is 14.3 Å². The number of esters is 1. The summed E-state index contributed by atoms with van der Waals surface area (Å²) in [6.45, 7) is 7.96. The molecule has 29 heavy (non-hydrogen) atoms. The number of carbonyl (C=O) groups excluding carboxylic acids is 2. The zero-order valence-electron chi connectivity index (χ0n) is 17.4. The Morgan fingerprint density at radius 1 is 1.17 bits per heavy atom. The summed E-state index contributed by atoms with van der Waals surface area (Å²) in [4.78, 5) is 44.7. The van der Waals surface area contributed by atoms with E-state index >= 15 is 0 Å². The molecule has 0 saturated carbocycles. The van der Waals surface area contributed by atoms with Crippen molar-refractivity contribution in [2.75, 3.05) is 32.7 Å². The number of aromatic amines is 1. The molecule has 3 aliphatic heterocycles. The van der Waals surface area contributed by atoms with Gasteiger partial charge in [0, 0.05) is 31.7 Å². The van der Waals surface area contributed by atoms with Crippen LogP contribution in [0.25, 0.3) is 0 Å². The van der Waals surface area contributed by atoms with Crippen LogP contribution in [0.5, 0.6) is 0 Å². The number of piperidine rings is 1. The topological polar surface area (TPSA) is 82.7 Å². The number of hydrogen-bond donors (Lipinski definition) is 1. The van der Waals surface area contributed by atoms with Crippen LogP contribution in [0.1, 0.15) is 67.9 Å². The van der Waals surface area contributed by atoms with Gasteiger partial charge in [-0.1, -0.05) is 13.8 Å². The van der Waals surface area contributed by atoms with Crippen LogP contribution in [-0.2, 0) is 9.53 Å². The van der Waals surface area contributed by atoms with E-state index in [9.17, 15) is 14.4 Å². The Morgan fingerprint density at radius 2 is 1.86 bits per heavy atom. The van der Waals surface area contributed by atoms with Crippen LogP contribution in [0, 0.1) is 5.41 Å². The van der Waals surface area contributed by atoms with Crippen molar-refractivity contribution in [2.45, 2.75) is 58.0 Å². The molecule has 3 aliphatic rings. The van der Waals surface area contributed by atoms with Crippen LogP contribution < -0.4 is 5.56 Å². The van der Waals surface area contributed by atoms with E-state index in [-0.39, 0.29) is 35.0 Å². The lowest BCUT2D eigenvalue weighted by Gasteiger charge is -2.36. The van der Waals surface area contributed by atoms with Crippen LogP contribution in [0.3, 0.4) is 0 Å². The molecule has 4 rings (SSSR count). The molecule has 0 aliphatic carbocycles. The Balaban J connectivity index is 1.38. The number of rotatable bonds is 4. The van der Waals surface area contributed by atoms with Gasteiger partial charge in [0.05, 0.1) is 5.41 Å². The fourth-order valence-electron chi connectivity index (χ4n) is 4.90. The Hall–Kier alpha value is -2.15. The number of ether oxygens (including phenoxy) is 1. The minimum atomic E-state index is -0.463. The van der Waals surface area contributed by atoms with Gasteiger partial charge < -0.3 is 14.6 Å². The number of carbonyl (C=O) groups is 2. The summed E-state index contributed by atoms with van der Waals surface area (Å²) in [6.07, 6.45) is 4.37. The number of H-pyrrole nitrogens is 1. The summed E-state index contributed by atoms with van der Waals surface area (Å²) in [5.74, 6) is -0.159. The zero-order chi connectivity index (χ0) is 20.6. The van der Waals surface area contributed by atoms with Gasteiger partial charge in [0.15, 0.2) is 0 Å². The van der Waals surface area contributed by atoms with Gasteiger partial charge in [0.1, 0.15) is 11.7 Å². The van der Waals surface area contributed by atoms with E-state index in [1.54, 1.807) is 11.0 Å². The van der Waals surface area contributed by atoms with Gasteiger partial charge in [-0.2, -0.15) is 0 Å². The Kier molecular flexibility index (Phi) is 5.51. The van der Waals surface area contributed by atoms with Gasteiger partial charge in [0.2, 0.25) is 0 Å². The molecule has 1 spiro atoms. The van der Waals surface area contributed by atoms with E-state index in [1.165, 1.54) is 12.8 Å². The Bertz CT molecular complexity index is 833. The lowest BCUT2D eigenvalue weighted by molar-refractivity contribution is -0.150. The normalized spacial score (nSPS) is 24.4. The number of pyridine rings is 1. The molecule has 1 atom stereocenters. The molecule has 1 aromatic heterocycles. The van der Waals surface area contributed by atoms with Crippen LogP contribution in [0.4, 0.5) is 0 Å². The van der Waals surface area contributed by atoms with E-state index in [4.69, 9.17) is 4.74 Å². The van der Waals surface area contributed by atoms with Crippen LogP contribution in [0.2, 0.25) is 0 Å². The molecule has 0 aromatic carbocycles. The van der Waals surface area contributed by atoms with Gasteiger partial charge in [-0.3, -0.25) is 19.3 Å². The highest BCUT2D eigenvalue weighted by atomic mass is 16.6. The predicted octanol–water partition coefficient (Wildman–Crippen LogP) is 2.13. The molecular weight excluding hydrogens is 370 g/mol.